The fourth-order valence-electron chi connectivity index (χ4n) is 2.81. The highest BCUT2D eigenvalue weighted by molar-refractivity contribution is 6.26. The predicted octanol–water partition coefficient (Wildman–Crippen LogP) is 2.74. The minimum absolute atomic E-state index is 0.329. The van der Waals surface area contributed by atoms with Crippen molar-refractivity contribution in [3.05, 3.63) is 60.2 Å². The first kappa shape index (κ1) is 19.6. The average Bonchev–Trinajstić information content (AvgIpc) is 2.65. The summed E-state index contributed by atoms with van der Waals surface area (Å²) >= 11 is 0. The molecule has 2 rings (SSSR count). The van der Waals surface area contributed by atoms with E-state index >= 15 is 0 Å². The number of rotatable bonds is 13. The molecule has 25 heavy (non-hydrogen) atoms. The van der Waals surface area contributed by atoms with Crippen LogP contribution in [0.25, 0.3) is 0 Å². The molecule has 0 aliphatic rings. The van der Waals surface area contributed by atoms with Gasteiger partial charge in [0.15, 0.2) is 0 Å². The summed E-state index contributed by atoms with van der Waals surface area (Å²) in [5, 5.41) is 0. The smallest absolute Gasteiger partial charge is 0.276 e. The van der Waals surface area contributed by atoms with Crippen molar-refractivity contribution in [3.63, 3.8) is 0 Å². The van der Waals surface area contributed by atoms with Crippen LogP contribution in [0, 0.1) is 0 Å². The first-order valence-corrected chi connectivity index (χ1v) is 9.18. The molecule has 0 amide bonds. The quantitative estimate of drug-likeness (QED) is 0.345. The number of nitrogens with zero attached hydrogens (tertiary/aromatic N) is 3. The predicted molar refractivity (Wildman–Crippen MR) is 103 cm³/mol. The maximum atomic E-state index is 5.31. The van der Waals surface area contributed by atoms with Gasteiger partial charge < -0.3 is 10.4 Å². The Morgan fingerprint density at radius 1 is 0.880 bits per heavy atom. The van der Waals surface area contributed by atoms with Gasteiger partial charge in [-0.3, -0.25) is 14.9 Å². The minimum atomic E-state index is 0.329. The second kappa shape index (κ2) is 12.6. The Bertz CT molecular complexity index is 514. The van der Waals surface area contributed by atoms with Gasteiger partial charge in [0.05, 0.1) is 18.1 Å². The molecule has 0 radical (unpaired) electrons. The second-order valence-corrected chi connectivity index (χ2v) is 6.20. The van der Waals surface area contributed by atoms with E-state index in [2.05, 4.69) is 27.0 Å². The monoisotopic (exact) mass is 340 g/mol. The zero-order valence-corrected chi connectivity index (χ0v) is 15.0. The van der Waals surface area contributed by atoms with Crippen molar-refractivity contribution in [1.29, 1.82) is 0 Å². The minimum Gasteiger partial charge on any atom is -0.428 e. The first-order valence-electron chi connectivity index (χ1n) is 9.18. The lowest BCUT2D eigenvalue weighted by Gasteiger charge is -2.21. The standard InChI is InChI=1S/C19H29BN4O/c21-17-25-20-11-5-1-2-8-14-24(15-18-9-3-6-12-22-18)16-19-10-4-7-13-23-19/h3-4,6-7,9-10,12-13,20H,1-2,5,8,11,14-17,21H2. The van der Waals surface area contributed by atoms with Gasteiger partial charge in [-0.25, -0.2) is 0 Å². The van der Waals surface area contributed by atoms with Crippen LogP contribution in [-0.4, -0.2) is 35.6 Å². The van der Waals surface area contributed by atoms with Crippen LogP contribution in [0.5, 0.6) is 0 Å². The topological polar surface area (TPSA) is 64.3 Å². The molecule has 2 aromatic heterocycles. The highest BCUT2D eigenvalue weighted by Crippen LogP contribution is 2.10. The summed E-state index contributed by atoms with van der Waals surface area (Å²) in [6.45, 7) is 3.12. The molecule has 2 N–H and O–H groups in total. The van der Waals surface area contributed by atoms with E-state index in [1.54, 1.807) is 0 Å². The van der Waals surface area contributed by atoms with Crippen LogP contribution in [0.15, 0.2) is 48.8 Å². The van der Waals surface area contributed by atoms with Crippen molar-refractivity contribution in [2.24, 2.45) is 5.73 Å². The molecule has 6 heteroatoms. The van der Waals surface area contributed by atoms with E-state index in [1.165, 1.54) is 25.7 Å². The van der Waals surface area contributed by atoms with Gasteiger partial charge in [-0.2, -0.15) is 0 Å². The molecule has 5 nitrogen and oxygen atoms in total. The third-order valence-corrected chi connectivity index (χ3v) is 4.10. The van der Waals surface area contributed by atoms with Crippen molar-refractivity contribution < 1.29 is 4.65 Å². The third kappa shape index (κ3) is 8.77. The van der Waals surface area contributed by atoms with Crippen LogP contribution in [-0.2, 0) is 17.7 Å². The summed E-state index contributed by atoms with van der Waals surface area (Å²) in [5.74, 6) is 0. The van der Waals surface area contributed by atoms with Gasteiger partial charge in [0.2, 0.25) is 0 Å². The molecule has 0 aromatic carbocycles. The fourth-order valence-corrected chi connectivity index (χ4v) is 2.81. The molecule has 2 aromatic rings. The maximum Gasteiger partial charge on any atom is 0.276 e. The molecule has 0 unspecified atom stereocenters. The number of hydrogen-bond acceptors (Lipinski definition) is 5. The van der Waals surface area contributed by atoms with Crippen molar-refractivity contribution in [1.82, 2.24) is 14.9 Å². The van der Waals surface area contributed by atoms with E-state index in [0.29, 0.717) is 6.73 Å². The van der Waals surface area contributed by atoms with Crippen molar-refractivity contribution >= 4 is 7.48 Å². The third-order valence-electron chi connectivity index (χ3n) is 4.10. The number of unbranched alkanes of at least 4 members (excludes halogenated alkanes) is 3. The summed E-state index contributed by atoms with van der Waals surface area (Å²) in [4.78, 5) is 11.4. The summed E-state index contributed by atoms with van der Waals surface area (Å²) in [6.07, 6.45) is 9.70. The van der Waals surface area contributed by atoms with Gasteiger partial charge in [0.1, 0.15) is 0 Å². The molecule has 0 fully saturated rings. The Labute approximate surface area is 151 Å². The molecule has 0 aliphatic carbocycles. The molecule has 0 bridgehead atoms. The van der Waals surface area contributed by atoms with Gasteiger partial charge in [0, 0.05) is 25.5 Å². The molecule has 0 spiro atoms. The van der Waals surface area contributed by atoms with Crippen LogP contribution in [0.2, 0.25) is 6.32 Å². The van der Waals surface area contributed by atoms with Gasteiger partial charge in [-0.15, -0.1) is 0 Å². The normalized spacial score (nSPS) is 11.0. The summed E-state index contributed by atoms with van der Waals surface area (Å²) in [6, 6.07) is 12.2. The molecular formula is C19H29BN4O. The van der Waals surface area contributed by atoms with E-state index in [1.807, 2.05) is 36.7 Å². The van der Waals surface area contributed by atoms with E-state index in [0.717, 1.165) is 44.8 Å². The van der Waals surface area contributed by atoms with Crippen LogP contribution in [0.3, 0.4) is 0 Å². The largest absolute Gasteiger partial charge is 0.428 e. The van der Waals surface area contributed by atoms with Crippen molar-refractivity contribution in [2.75, 3.05) is 13.3 Å². The molecular weight excluding hydrogens is 311 g/mol. The first-order chi connectivity index (χ1) is 12.4. The van der Waals surface area contributed by atoms with Crippen molar-refractivity contribution in [2.45, 2.75) is 45.1 Å². The fraction of sp³-hybridized carbons (Fsp3) is 0.474. The number of hydrogen-bond donors (Lipinski definition) is 1. The Kier molecular flexibility index (Phi) is 9.85. The Morgan fingerprint density at radius 2 is 1.52 bits per heavy atom. The Balaban J connectivity index is 1.74. The maximum absolute atomic E-state index is 5.31. The molecule has 0 aliphatic heterocycles. The molecule has 0 atom stereocenters. The van der Waals surface area contributed by atoms with Gasteiger partial charge in [-0.05, 0) is 37.2 Å². The Hall–Kier alpha value is -1.76. The van der Waals surface area contributed by atoms with Gasteiger partial charge >= 0.3 is 0 Å². The molecule has 2 heterocycles. The van der Waals surface area contributed by atoms with Gasteiger partial charge in [-0.1, -0.05) is 37.7 Å². The zero-order valence-electron chi connectivity index (χ0n) is 15.0. The number of pyridine rings is 2. The molecule has 0 saturated carbocycles. The molecule has 0 saturated heterocycles. The summed E-state index contributed by atoms with van der Waals surface area (Å²) in [7, 11) is 0.780. The summed E-state index contributed by atoms with van der Waals surface area (Å²) in [5.41, 5.74) is 7.53. The summed E-state index contributed by atoms with van der Waals surface area (Å²) < 4.78 is 5.17. The lowest BCUT2D eigenvalue weighted by Crippen LogP contribution is -2.25. The highest BCUT2D eigenvalue weighted by Gasteiger charge is 2.08. The molecule has 134 valence electrons. The van der Waals surface area contributed by atoms with Crippen LogP contribution >= 0.6 is 0 Å². The number of nitrogens with two attached hydrogens (primary N) is 1. The van der Waals surface area contributed by atoms with E-state index in [4.69, 9.17) is 10.4 Å². The second-order valence-electron chi connectivity index (χ2n) is 6.20. The lowest BCUT2D eigenvalue weighted by molar-refractivity contribution is 0.244. The number of aromatic nitrogens is 2. The lowest BCUT2D eigenvalue weighted by atomic mass is 9.91. The van der Waals surface area contributed by atoms with Gasteiger partial charge in [0.25, 0.3) is 7.48 Å². The van der Waals surface area contributed by atoms with E-state index in [9.17, 15) is 0 Å². The highest BCUT2D eigenvalue weighted by atomic mass is 16.4. The SMILES string of the molecule is NCOBCCCCCCN(Cc1ccccn1)Cc1ccccn1. The zero-order chi connectivity index (χ0) is 17.6. The average molecular weight is 340 g/mol. The van der Waals surface area contributed by atoms with Crippen LogP contribution in [0.4, 0.5) is 0 Å². The van der Waals surface area contributed by atoms with Crippen LogP contribution in [0.1, 0.15) is 37.1 Å². The van der Waals surface area contributed by atoms with E-state index in [-0.39, 0.29) is 0 Å². The van der Waals surface area contributed by atoms with Crippen molar-refractivity contribution in [3.8, 4) is 0 Å². The van der Waals surface area contributed by atoms with Crippen LogP contribution < -0.4 is 5.73 Å². The Morgan fingerprint density at radius 3 is 2.08 bits per heavy atom. The van der Waals surface area contributed by atoms with E-state index < -0.39 is 0 Å².